The number of para-hydroxylation sites is 1. The van der Waals surface area contributed by atoms with Gasteiger partial charge in [0.05, 0.1) is 0 Å². The number of hydrogen-bond donors (Lipinski definition) is 2. The Bertz CT molecular complexity index is 1070. The summed E-state index contributed by atoms with van der Waals surface area (Å²) in [5.41, 5.74) is 11.4. The molecule has 0 radical (unpaired) electrons. The summed E-state index contributed by atoms with van der Waals surface area (Å²) in [6, 6.07) is 20.3. The van der Waals surface area contributed by atoms with E-state index in [1.807, 2.05) is 57.2 Å². The zero-order chi connectivity index (χ0) is 24.1. The van der Waals surface area contributed by atoms with Crippen molar-refractivity contribution in [3.8, 4) is 17.2 Å². The second-order valence-corrected chi connectivity index (χ2v) is 9.38. The van der Waals surface area contributed by atoms with E-state index in [2.05, 4.69) is 29.2 Å². The van der Waals surface area contributed by atoms with Crippen LogP contribution in [0.15, 0.2) is 60.7 Å². The van der Waals surface area contributed by atoms with Gasteiger partial charge in [0.15, 0.2) is 0 Å². The number of benzene rings is 3. The molecule has 1 heterocycles. The molecule has 1 aliphatic rings. The molecule has 4 rings (SSSR count). The van der Waals surface area contributed by atoms with E-state index >= 15 is 0 Å². The van der Waals surface area contributed by atoms with Gasteiger partial charge >= 0.3 is 0 Å². The summed E-state index contributed by atoms with van der Waals surface area (Å²) in [5.74, 6) is 3.06. The Labute approximate surface area is 203 Å². The quantitative estimate of drug-likeness (QED) is 0.428. The first-order chi connectivity index (χ1) is 16.4. The number of nitrogens with zero attached hydrogens (tertiary/aromatic N) is 1. The lowest BCUT2D eigenvalue weighted by atomic mass is 9.89. The maximum atomic E-state index is 10.6. The molecule has 1 saturated heterocycles. The number of aliphatic hydroxyl groups is 1. The Morgan fingerprint density at radius 3 is 2.26 bits per heavy atom. The molecule has 0 aromatic heterocycles. The van der Waals surface area contributed by atoms with Gasteiger partial charge in [-0.15, -0.1) is 0 Å². The fourth-order valence-electron chi connectivity index (χ4n) is 4.63. The number of rotatable bonds is 8. The molecule has 0 saturated carbocycles. The summed E-state index contributed by atoms with van der Waals surface area (Å²) in [7, 11) is 0. The van der Waals surface area contributed by atoms with E-state index in [1.165, 1.54) is 5.56 Å². The van der Waals surface area contributed by atoms with Gasteiger partial charge in [0.1, 0.15) is 30.0 Å². The van der Waals surface area contributed by atoms with Gasteiger partial charge in [0, 0.05) is 12.2 Å². The zero-order valence-electron chi connectivity index (χ0n) is 20.5. The van der Waals surface area contributed by atoms with Crippen molar-refractivity contribution >= 4 is 5.69 Å². The minimum atomic E-state index is -0.525. The van der Waals surface area contributed by atoms with Crippen molar-refractivity contribution in [3.63, 3.8) is 0 Å². The average molecular weight is 461 g/mol. The third-order valence-corrected chi connectivity index (χ3v) is 6.93. The van der Waals surface area contributed by atoms with E-state index in [4.69, 9.17) is 15.2 Å². The lowest BCUT2D eigenvalue weighted by Crippen LogP contribution is -2.40. The van der Waals surface area contributed by atoms with Gasteiger partial charge in [-0.25, -0.2) is 0 Å². The molecular formula is C29H36N2O3. The van der Waals surface area contributed by atoms with Crippen LogP contribution in [0.3, 0.4) is 0 Å². The number of β-amino-alcohol motifs (C(OH)–C–C–N with tert-alkyl or cyclic N) is 1. The fraction of sp³-hybridized carbons (Fsp3) is 0.379. The summed E-state index contributed by atoms with van der Waals surface area (Å²) < 4.78 is 11.9. The van der Waals surface area contributed by atoms with Gasteiger partial charge in [-0.1, -0.05) is 30.3 Å². The van der Waals surface area contributed by atoms with Crippen molar-refractivity contribution < 1.29 is 14.6 Å². The number of nitrogen functional groups attached to an aromatic ring is 1. The fourth-order valence-corrected chi connectivity index (χ4v) is 4.63. The van der Waals surface area contributed by atoms with Crippen LogP contribution in [-0.4, -0.2) is 42.4 Å². The van der Waals surface area contributed by atoms with Crippen LogP contribution < -0.4 is 15.2 Å². The predicted octanol–water partition coefficient (Wildman–Crippen LogP) is 5.61. The number of aryl methyl sites for hydroxylation is 1. The van der Waals surface area contributed by atoms with Crippen LogP contribution in [0.25, 0.3) is 0 Å². The Kier molecular flexibility index (Phi) is 7.76. The number of likely N-dealkylation sites (tertiary alicyclic amines) is 1. The monoisotopic (exact) mass is 460 g/mol. The van der Waals surface area contributed by atoms with Gasteiger partial charge in [-0.3, -0.25) is 0 Å². The van der Waals surface area contributed by atoms with Crippen molar-refractivity contribution in [2.24, 2.45) is 0 Å². The molecule has 1 atom stereocenters. The summed E-state index contributed by atoms with van der Waals surface area (Å²) in [5, 5.41) is 10.6. The summed E-state index contributed by atoms with van der Waals surface area (Å²) in [6.07, 6.45) is 1.65. The molecule has 180 valence electrons. The molecule has 0 spiro atoms. The normalized spacial score (nSPS) is 15.8. The molecule has 1 fully saturated rings. The Balaban J connectivity index is 1.23. The molecule has 3 N–H and O–H groups in total. The number of ether oxygens (including phenoxy) is 2. The topological polar surface area (TPSA) is 68.0 Å². The molecule has 34 heavy (non-hydrogen) atoms. The molecule has 1 aliphatic heterocycles. The second kappa shape index (κ2) is 10.9. The molecule has 3 aromatic rings. The highest BCUT2D eigenvalue weighted by atomic mass is 16.5. The van der Waals surface area contributed by atoms with Gasteiger partial charge in [-0.2, -0.15) is 0 Å². The van der Waals surface area contributed by atoms with Gasteiger partial charge < -0.3 is 25.2 Å². The molecule has 3 aromatic carbocycles. The van der Waals surface area contributed by atoms with Crippen LogP contribution in [-0.2, 0) is 0 Å². The SMILES string of the molecule is Cc1cc(OC[C@@H](O)CN2CCC(c3ccc(Oc4ccccc4)cc3)CC2)c(C)c(C)c1N. The largest absolute Gasteiger partial charge is 0.491 e. The van der Waals surface area contributed by atoms with Crippen molar-refractivity contribution in [3.05, 3.63) is 82.9 Å². The average Bonchev–Trinajstić information content (AvgIpc) is 2.86. The van der Waals surface area contributed by atoms with E-state index in [0.717, 1.165) is 65.6 Å². The Morgan fingerprint density at radius 1 is 0.941 bits per heavy atom. The number of aliphatic hydroxyl groups excluding tert-OH is 1. The third kappa shape index (κ3) is 5.91. The van der Waals surface area contributed by atoms with Crippen LogP contribution in [0.5, 0.6) is 17.2 Å². The lowest BCUT2D eigenvalue weighted by molar-refractivity contribution is 0.0592. The highest BCUT2D eigenvalue weighted by molar-refractivity contribution is 5.60. The molecule has 5 nitrogen and oxygen atoms in total. The number of anilines is 1. The molecule has 0 aliphatic carbocycles. The molecular weight excluding hydrogens is 424 g/mol. The van der Waals surface area contributed by atoms with E-state index in [0.29, 0.717) is 12.5 Å². The summed E-state index contributed by atoms with van der Waals surface area (Å²) in [4.78, 5) is 2.34. The number of hydrogen-bond acceptors (Lipinski definition) is 5. The molecule has 0 amide bonds. The standard InChI is InChI=1S/C29H36N2O3/c1-20-17-28(21(2)22(3)29(20)30)33-19-25(32)18-31-15-13-24(14-16-31)23-9-11-27(12-10-23)34-26-7-5-4-6-8-26/h4-12,17,24-25,32H,13-16,18-19,30H2,1-3H3/t25-/m0/s1. The molecule has 5 heteroatoms. The van der Waals surface area contributed by atoms with Crippen molar-refractivity contribution in [2.45, 2.75) is 45.6 Å². The van der Waals surface area contributed by atoms with Crippen LogP contribution in [0.1, 0.15) is 41.0 Å². The van der Waals surface area contributed by atoms with Crippen molar-refractivity contribution in [1.82, 2.24) is 4.90 Å². The van der Waals surface area contributed by atoms with Crippen molar-refractivity contribution in [2.75, 3.05) is 32.0 Å². The lowest BCUT2D eigenvalue weighted by Gasteiger charge is -2.33. The highest BCUT2D eigenvalue weighted by Gasteiger charge is 2.22. The third-order valence-electron chi connectivity index (χ3n) is 6.93. The Hall–Kier alpha value is -3.02. The molecule has 0 bridgehead atoms. The first-order valence-electron chi connectivity index (χ1n) is 12.1. The maximum absolute atomic E-state index is 10.6. The van der Waals surface area contributed by atoms with E-state index in [9.17, 15) is 5.11 Å². The van der Waals surface area contributed by atoms with E-state index in [1.54, 1.807) is 0 Å². The zero-order valence-corrected chi connectivity index (χ0v) is 20.5. The van der Waals surface area contributed by atoms with Gasteiger partial charge in [0.25, 0.3) is 0 Å². The second-order valence-electron chi connectivity index (χ2n) is 9.38. The summed E-state index contributed by atoms with van der Waals surface area (Å²) >= 11 is 0. The minimum Gasteiger partial charge on any atom is -0.491 e. The first-order valence-corrected chi connectivity index (χ1v) is 12.1. The van der Waals surface area contributed by atoms with Gasteiger partial charge in [-0.05, 0) is 105 Å². The minimum absolute atomic E-state index is 0.284. The Morgan fingerprint density at radius 2 is 1.59 bits per heavy atom. The smallest absolute Gasteiger partial charge is 0.127 e. The summed E-state index contributed by atoms with van der Waals surface area (Å²) in [6.45, 7) is 8.87. The van der Waals surface area contributed by atoms with E-state index < -0.39 is 6.10 Å². The van der Waals surface area contributed by atoms with Crippen LogP contribution in [0, 0.1) is 20.8 Å². The highest BCUT2D eigenvalue weighted by Crippen LogP contribution is 2.31. The predicted molar refractivity (Wildman–Crippen MR) is 138 cm³/mol. The van der Waals surface area contributed by atoms with Crippen LogP contribution in [0.2, 0.25) is 0 Å². The van der Waals surface area contributed by atoms with Crippen LogP contribution >= 0.6 is 0 Å². The van der Waals surface area contributed by atoms with E-state index in [-0.39, 0.29) is 6.61 Å². The van der Waals surface area contributed by atoms with Gasteiger partial charge in [0.2, 0.25) is 0 Å². The van der Waals surface area contributed by atoms with Crippen molar-refractivity contribution in [1.29, 1.82) is 0 Å². The number of nitrogens with two attached hydrogens (primary N) is 1. The number of piperidine rings is 1. The maximum Gasteiger partial charge on any atom is 0.127 e. The first kappa shape index (κ1) is 24.1. The van der Waals surface area contributed by atoms with Crippen LogP contribution in [0.4, 0.5) is 5.69 Å². The molecule has 0 unspecified atom stereocenters.